The summed E-state index contributed by atoms with van der Waals surface area (Å²) in [6.45, 7) is 16.5. The fourth-order valence-corrected chi connectivity index (χ4v) is 14.3. The number of benzene rings is 3. The van der Waals surface area contributed by atoms with Gasteiger partial charge in [-0.25, -0.2) is 16.8 Å². The van der Waals surface area contributed by atoms with Crippen LogP contribution in [0.15, 0.2) is 78.9 Å². The van der Waals surface area contributed by atoms with Gasteiger partial charge in [0, 0.05) is 62.4 Å². The van der Waals surface area contributed by atoms with Crippen molar-refractivity contribution in [1.82, 2.24) is 4.90 Å². The second-order valence-corrected chi connectivity index (χ2v) is 26.8. The number of piperidine rings is 2. The summed E-state index contributed by atoms with van der Waals surface area (Å²) >= 11 is 0. The molecule has 66 heavy (non-hydrogen) atoms. The van der Waals surface area contributed by atoms with Gasteiger partial charge in [0.05, 0.1) is 22.0 Å². The summed E-state index contributed by atoms with van der Waals surface area (Å²) in [4.78, 5) is 10.3. The van der Waals surface area contributed by atoms with Gasteiger partial charge in [0.15, 0.2) is 19.7 Å². The van der Waals surface area contributed by atoms with E-state index in [0.29, 0.717) is 23.3 Å². The Kier molecular flexibility index (Phi) is 18.8. The second kappa shape index (κ2) is 24.5. The smallest absolute Gasteiger partial charge is 0.152 e. The molecule has 0 N–H and O–H groups in total. The quantitative estimate of drug-likeness (QED) is 0.140. The van der Waals surface area contributed by atoms with Gasteiger partial charge < -0.3 is 19.6 Å². The molecule has 8 rings (SSSR count). The Bertz CT molecular complexity index is 2070. The van der Waals surface area contributed by atoms with Crippen LogP contribution in [0.3, 0.4) is 0 Å². The molecule has 3 heterocycles. The Morgan fingerprint density at radius 1 is 0.424 bits per heavy atom. The van der Waals surface area contributed by atoms with Crippen molar-refractivity contribution in [2.75, 3.05) is 78.6 Å². The van der Waals surface area contributed by atoms with Crippen molar-refractivity contribution in [1.29, 1.82) is 0 Å². The summed E-state index contributed by atoms with van der Waals surface area (Å²) < 4.78 is 48.8. The maximum Gasteiger partial charge on any atom is 0.152 e. The third-order valence-corrected chi connectivity index (χ3v) is 21.1. The van der Waals surface area contributed by atoms with Crippen LogP contribution in [0.25, 0.3) is 0 Å². The zero-order chi connectivity index (χ0) is 46.5. The average molecular weight is 943 g/mol. The number of nitrogens with zero attached hydrogens (tertiary/aromatic N) is 4. The van der Waals surface area contributed by atoms with Gasteiger partial charge in [-0.1, -0.05) is 74.6 Å². The molecule has 3 aliphatic heterocycles. The highest BCUT2D eigenvalue weighted by Gasteiger charge is 2.30. The van der Waals surface area contributed by atoms with E-state index < -0.39 is 19.7 Å². The van der Waals surface area contributed by atoms with Gasteiger partial charge in [-0.05, 0) is 189 Å². The molecule has 8 nitrogen and oxygen atoms in total. The summed E-state index contributed by atoms with van der Waals surface area (Å²) in [5.41, 5.74) is 6.92. The minimum atomic E-state index is -2.91. The molecule has 2 aliphatic carbocycles. The summed E-state index contributed by atoms with van der Waals surface area (Å²) in [7, 11) is -5.81. The summed E-state index contributed by atoms with van der Waals surface area (Å²) in [5, 5.41) is -0.481. The van der Waals surface area contributed by atoms with Crippen LogP contribution in [0.2, 0.25) is 0 Å². The van der Waals surface area contributed by atoms with E-state index in [0.717, 1.165) is 82.6 Å². The first-order chi connectivity index (χ1) is 31.8. The molecule has 5 fully saturated rings. The minimum Gasteiger partial charge on any atom is -0.371 e. The predicted molar refractivity (Wildman–Crippen MR) is 280 cm³/mol. The number of sulfone groups is 2. The number of likely N-dealkylation sites (tertiary alicyclic amines) is 1. The highest BCUT2D eigenvalue weighted by atomic mass is 32.2. The number of para-hydroxylation sites is 1. The lowest BCUT2D eigenvalue weighted by Crippen LogP contribution is -2.46. The first-order valence-electron chi connectivity index (χ1n) is 26.5. The molecule has 0 aromatic heterocycles. The molecule has 366 valence electrons. The van der Waals surface area contributed by atoms with E-state index in [9.17, 15) is 16.8 Å². The van der Waals surface area contributed by atoms with Crippen LogP contribution in [0, 0.1) is 23.7 Å². The molecule has 3 aromatic carbocycles. The zero-order valence-electron chi connectivity index (χ0n) is 41.4. The SMILES string of the molecule is CC(C)S(=O)(=O)CC1CCC(CCc2ccc(N3CCC(N4CCCCC4)CC3)cc2)CC1.CC(C)S(=O)(=O)CC1CCC(CCc2ccc(N3CCN(c4ccccc4)CC3)cc2)CC1. The van der Waals surface area contributed by atoms with Crippen molar-refractivity contribution in [2.24, 2.45) is 23.7 Å². The molecule has 0 bridgehead atoms. The van der Waals surface area contributed by atoms with Crippen molar-refractivity contribution >= 4 is 36.7 Å². The number of piperazine rings is 1. The van der Waals surface area contributed by atoms with Crippen LogP contribution in [-0.2, 0) is 32.5 Å². The number of aryl methyl sites for hydroxylation is 2. The van der Waals surface area contributed by atoms with Gasteiger partial charge >= 0.3 is 0 Å². The van der Waals surface area contributed by atoms with Gasteiger partial charge in [-0.3, -0.25) is 0 Å². The standard InChI is InChI=1S/C28H46N2O2S.C28H40N2O2S/c1-23(2)33(31,32)22-26-10-8-24(9-11-26)6-7-25-12-14-27(15-13-25)30-20-16-28(17-21-30)29-18-4-3-5-19-29;1-23(2)33(31,32)22-26-12-10-24(11-13-26)8-9-25-14-16-28(17-15-25)30-20-18-29(19-21-30)27-6-4-3-5-7-27/h12-15,23-24,26,28H,3-11,16-22H2,1-2H3;3-7,14-17,23-24,26H,8-13,18-22H2,1-2H3. The zero-order valence-corrected chi connectivity index (χ0v) is 43.0. The number of anilines is 3. The topological polar surface area (TPSA) is 81.2 Å². The van der Waals surface area contributed by atoms with E-state index in [1.165, 1.54) is 125 Å². The lowest BCUT2D eigenvalue weighted by Gasteiger charge is -2.41. The highest BCUT2D eigenvalue weighted by Crippen LogP contribution is 2.35. The Labute approximate surface area is 402 Å². The van der Waals surface area contributed by atoms with Gasteiger partial charge in [-0.15, -0.1) is 0 Å². The number of hydrogen-bond donors (Lipinski definition) is 0. The third-order valence-electron chi connectivity index (χ3n) is 16.4. The summed E-state index contributed by atoms with van der Waals surface area (Å²) in [5.74, 6) is 3.04. The van der Waals surface area contributed by atoms with E-state index >= 15 is 0 Å². The molecule has 0 radical (unpaired) electrons. The molecule has 5 aliphatic rings. The molecule has 2 saturated carbocycles. The molecular weight excluding hydrogens is 857 g/mol. The van der Waals surface area contributed by atoms with Gasteiger partial charge in [0.1, 0.15) is 0 Å². The monoisotopic (exact) mass is 943 g/mol. The van der Waals surface area contributed by atoms with E-state index in [-0.39, 0.29) is 10.5 Å². The van der Waals surface area contributed by atoms with Crippen LogP contribution in [0.1, 0.15) is 135 Å². The van der Waals surface area contributed by atoms with E-state index in [4.69, 9.17) is 0 Å². The van der Waals surface area contributed by atoms with Gasteiger partial charge in [-0.2, -0.15) is 0 Å². The van der Waals surface area contributed by atoms with E-state index in [2.05, 4.69) is 98.5 Å². The van der Waals surface area contributed by atoms with Crippen LogP contribution in [0.4, 0.5) is 17.1 Å². The first-order valence-corrected chi connectivity index (χ1v) is 29.9. The van der Waals surface area contributed by atoms with Gasteiger partial charge in [0.25, 0.3) is 0 Å². The molecule has 3 aromatic rings. The van der Waals surface area contributed by atoms with Crippen LogP contribution < -0.4 is 14.7 Å². The number of rotatable bonds is 16. The van der Waals surface area contributed by atoms with Crippen molar-refractivity contribution in [3.63, 3.8) is 0 Å². The van der Waals surface area contributed by atoms with Gasteiger partial charge in [0.2, 0.25) is 0 Å². The fourth-order valence-electron chi connectivity index (χ4n) is 11.5. The number of hydrogen-bond acceptors (Lipinski definition) is 8. The molecule has 10 heteroatoms. The van der Waals surface area contributed by atoms with Crippen LogP contribution in [-0.4, -0.2) is 102 Å². The lowest BCUT2D eigenvalue weighted by molar-refractivity contribution is 0.141. The Balaban J connectivity index is 0.000000196. The first kappa shape index (κ1) is 50.8. The van der Waals surface area contributed by atoms with Crippen molar-refractivity contribution in [3.8, 4) is 0 Å². The maximum atomic E-state index is 12.2. The fraction of sp³-hybridized carbons (Fsp3) is 0.679. The van der Waals surface area contributed by atoms with Crippen LogP contribution in [0.5, 0.6) is 0 Å². The third kappa shape index (κ3) is 15.0. The second-order valence-electron chi connectivity index (χ2n) is 21.6. The Morgan fingerprint density at radius 3 is 1.18 bits per heavy atom. The largest absolute Gasteiger partial charge is 0.371 e. The minimum absolute atomic E-state index is 0.237. The molecule has 3 saturated heterocycles. The Morgan fingerprint density at radius 2 is 0.788 bits per heavy atom. The summed E-state index contributed by atoms with van der Waals surface area (Å²) in [6, 6.07) is 30.1. The highest BCUT2D eigenvalue weighted by molar-refractivity contribution is 7.92. The molecular formula is C56H86N4O4S2. The summed E-state index contributed by atoms with van der Waals surface area (Å²) in [6.07, 6.45) is 20.6. The van der Waals surface area contributed by atoms with Crippen molar-refractivity contribution < 1.29 is 16.8 Å². The predicted octanol–water partition coefficient (Wildman–Crippen LogP) is 11.3. The average Bonchev–Trinajstić information content (AvgIpc) is 3.34. The molecule has 0 unspecified atom stereocenters. The van der Waals surface area contributed by atoms with E-state index in [1.54, 1.807) is 13.8 Å². The maximum absolute atomic E-state index is 12.2. The lowest BCUT2D eigenvalue weighted by atomic mass is 9.80. The van der Waals surface area contributed by atoms with Crippen molar-refractivity contribution in [2.45, 2.75) is 153 Å². The molecule has 0 amide bonds. The normalized spacial score (nSPS) is 24.1. The Hall–Kier alpha value is -3.08. The molecule has 0 spiro atoms. The molecule has 0 atom stereocenters. The van der Waals surface area contributed by atoms with Crippen molar-refractivity contribution in [3.05, 3.63) is 90.0 Å². The van der Waals surface area contributed by atoms with E-state index in [1.807, 2.05) is 13.8 Å². The van der Waals surface area contributed by atoms with Crippen LogP contribution >= 0.6 is 0 Å².